The Morgan fingerprint density at radius 1 is 0.944 bits per heavy atom. The zero-order valence-corrected chi connectivity index (χ0v) is 11.2. The first-order valence-corrected chi connectivity index (χ1v) is 8.44. The molecule has 6 nitrogen and oxygen atoms in total. The highest BCUT2D eigenvalue weighted by Gasteiger charge is 2.31. The molecular formula is C10H14N2O4S2. The highest BCUT2D eigenvalue weighted by atomic mass is 32.2. The Morgan fingerprint density at radius 2 is 1.44 bits per heavy atom. The van der Waals surface area contributed by atoms with Crippen LogP contribution in [0.3, 0.4) is 0 Å². The van der Waals surface area contributed by atoms with Crippen LogP contribution in [-0.4, -0.2) is 34.2 Å². The largest absolute Gasteiger partial charge is 0.244 e. The summed E-state index contributed by atoms with van der Waals surface area (Å²) in [6.07, 6.45) is 1.58. The predicted molar refractivity (Wildman–Crippen MR) is 65.8 cm³/mol. The quantitative estimate of drug-likeness (QED) is 0.854. The molecule has 1 aliphatic heterocycles. The summed E-state index contributed by atoms with van der Waals surface area (Å²) in [5.41, 5.74) is 0. The van der Waals surface area contributed by atoms with Gasteiger partial charge >= 0.3 is 0 Å². The van der Waals surface area contributed by atoms with Gasteiger partial charge in [-0.2, -0.15) is 4.31 Å². The van der Waals surface area contributed by atoms with E-state index in [1.165, 1.54) is 28.6 Å². The fourth-order valence-corrected chi connectivity index (χ4v) is 4.84. The lowest BCUT2D eigenvalue weighted by atomic mass is 10.4. The molecule has 0 unspecified atom stereocenters. The topological polar surface area (TPSA) is 97.5 Å². The van der Waals surface area contributed by atoms with Crippen molar-refractivity contribution in [3.05, 3.63) is 24.3 Å². The zero-order valence-electron chi connectivity index (χ0n) is 9.61. The number of primary sulfonamides is 1. The molecule has 1 saturated heterocycles. The Hall–Kier alpha value is -0.960. The predicted octanol–water partition coefficient (Wildman–Crippen LogP) is 0.119. The number of nitrogens with two attached hydrogens (primary N) is 1. The fourth-order valence-electron chi connectivity index (χ4n) is 1.97. The molecule has 100 valence electrons. The number of hydrogen-bond acceptors (Lipinski definition) is 4. The minimum atomic E-state index is -4.05. The van der Waals surface area contributed by atoms with E-state index in [9.17, 15) is 16.8 Å². The monoisotopic (exact) mass is 290 g/mol. The van der Waals surface area contributed by atoms with Crippen molar-refractivity contribution < 1.29 is 16.8 Å². The molecule has 1 heterocycles. The number of nitrogens with zero attached hydrogens (tertiary/aromatic N) is 1. The van der Waals surface area contributed by atoms with Gasteiger partial charge in [-0.05, 0) is 25.0 Å². The van der Waals surface area contributed by atoms with Gasteiger partial charge in [0.1, 0.15) is 9.79 Å². The lowest BCUT2D eigenvalue weighted by Crippen LogP contribution is -2.29. The maximum Gasteiger partial charge on any atom is 0.244 e. The van der Waals surface area contributed by atoms with Crippen LogP contribution >= 0.6 is 0 Å². The Balaban J connectivity index is 2.58. The van der Waals surface area contributed by atoms with E-state index >= 15 is 0 Å². The van der Waals surface area contributed by atoms with Crippen LogP contribution in [0, 0.1) is 0 Å². The van der Waals surface area contributed by atoms with Crippen LogP contribution in [0.1, 0.15) is 12.8 Å². The van der Waals surface area contributed by atoms with Crippen LogP contribution in [0.5, 0.6) is 0 Å². The van der Waals surface area contributed by atoms with Gasteiger partial charge in [-0.25, -0.2) is 22.0 Å². The Kier molecular flexibility index (Phi) is 3.45. The smallest absolute Gasteiger partial charge is 0.225 e. The average molecular weight is 290 g/mol. The molecule has 0 aromatic heterocycles. The molecule has 1 aromatic rings. The summed E-state index contributed by atoms with van der Waals surface area (Å²) in [5.74, 6) is 0. The second-order valence-electron chi connectivity index (χ2n) is 4.10. The third-order valence-corrected chi connectivity index (χ3v) is 5.89. The van der Waals surface area contributed by atoms with Gasteiger partial charge < -0.3 is 0 Å². The Morgan fingerprint density at radius 3 is 1.94 bits per heavy atom. The van der Waals surface area contributed by atoms with E-state index in [-0.39, 0.29) is 9.79 Å². The van der Waals surface area contributed by atoms with Gasteiger partial charge in [0.05, 0.1) is 0 Å². The van der Waals surface area contributed by atoms with Crippen LogP contribution < -0.4 is 5.14 Å². The van der Waals surface area contributed by atoms with E-state index < -0.39 is 20.0 Å². The summed E-state index contributed by atoms with van der Waals surface area (Å²) in [5, 5.41) is 5.04. The van der Waals surface area contributed by atoms with E-state index in [4.69, 9.17) is 5.14 Å². The summed E-state index contributed by atoms with van der Waals surface area (Å²) < 4.78 is 48.7. The Labute approximate surface area is 107 Å². The minimum Gasteiger partial charge on any atom is -0.225 e. The number of sulfonamides is 2. The highest BCUT2D eigenvalue weighted by Crippen LogP contribution is 2.25. The van der Waals surface area contributed by atoms with Crippen LogP contribution in [0.2, 0.25) is 0 Å². The van der Waals surface area contributed by atoms with Crippen LogP contribution in [0.15, 0.2) is 34.1 Å². The lowest BCUT2D eigenvalue weighted by Gasteiger charge is -2.17. The van der Waals surface area contributed by atoms with Gasteiger partial charge in [-0.15, -0.1) is 0 Å². The van der Waals surface area contributed by atoms with Crippen molar-refractivity contribution in [2.24, 2.45) is 5.14 Å². The van der Waals surface area contributed by atoms with Crippen molar-refractivity contribution >= 4 is 20.0 Å². The number of rotatable bonds is 3. The first kappa shape index (κ1) is 13.5. The highest BCUT2D eigenvalue weighted by molar-refractivity contribution is 7.92. The van der Waals surface area contributed by atoms with Crippen LogP contribution in [-0.2, 0) is 20.0 Å². The maximum atomic E-state index is 12.3. The lowest BCUT2D eigenvalue weighted by molar-refractivity contribution is 0.475. The molecule has 1 fully saturated rings. The normalized spacial score (nSPS) is 18.1. The van der Waals surface area contributed by atoms with E-state index in [0.29, 0.717) is 13.1 Å². The zero-order chi connectivity index (χ0) is 13.4. The van der Waals surface area contributed by atoms with Crippen LogP contribution in [0.4, 0.5) is 0 Å². The van der Waals surface area contributed by atoms with Gasteiger partial charge in [0.25, 0.3) is 0 Å². The van der Waals surface area contributed by atoms with Crippen molar-refractivity contribution in [2.45, 2.75) is 22.6 Å². The fraction of sp³-hybridized carbons (Fsp3) is 0.400. The van der Waals surface area contributed by atoms with Crippen molar-refractivity contribution in [1.82, 2.24) is 4.31 Å². The summed E-state index contributed by atoms with van der Waals surface area (Å²) in [6, 6.07) is 5.41. The molecule has 0 spiro atoms. The average Bonchev–Trinajstić information content (AvgIpc) is 2.82. The molecule has 18 heavy (non-hydrogen) atoms. The summed E-state index contributed by atoms with van der Waals surface area (Å²) in [6.45, 7) is 0.836. The maximum absolute atomic E-state index is 12.3. The van der Waals surface area contributed by atoms with Gasteiger partial charge in [0, 0.05) is 13.1 Å². The molecule has 2 N–H and O–H groups in total. The van der Waals surface area contributed by atoms with Gasteiger partial charge in [-0.1, -0.05) is 12.1 Å². The first-order valence-electron chi connectivity index (χ1n) is 5.45. The molecule has 0 bridgehead atoms. The molecular weight excluding hydrogens is 276 g/mol. The number of hydrogen-bond donors (Lipinski definition) is 1. The standard InChI is InChI=1S/C10H14N2O4S2/c11-17(13,14)9-5-1-2-6-10(9)18(15,16)12-7-3-4-8-12/h1-2,5-6H,3-4,7-8H2,(H2,11,13,14). The van der Waals surface area contributed by atoms with Crippen molar-refractivity contribution in [2.75, 3.05) is 13.1 Å². The van der Waals surface area contributed by atoms with E-state index in [2.05, 4.69) is 0 Å². The molecule has 0 saturated carbocycles. The summed E-state index contributed by atoms with van der Waals surface area (Å²) >= 11 is 0. The molecule has 8 heteroatoms. The van der Waals surface area contributed by atoms with Crippen molar-refractivity contribution in [3.63, 3.8) is 0 Å². The van der Waals surface area contributed by atoms with E-state index in [0.717, 1.165) is 12.8 Å². The van der Waals surface area contributed by atoms with Gasteiger partial charge in [0.2, 0.25) is 20.0 Å². The number of benzene rings is 1. The SMILES string of the molecule is NS(=O)(=O)c1ccccc1S(=O)(=O)N1CCCC1. The van der Waals surface area contributed by atoms with Gasteiger partial charge in [0.15, 0.2) is 0 Å². The molecule has 1 aliphatic rings. The van der Waals surface area contributed by atoms with Crippen molar-refractivity contribution in [1.29, 1.82) is 0 Å². The minimum absolute atomic E-state index is 0.241. The summed E-state index contributed by atoms with van der Waals surface area (Å²) in [4.78, 5) is -0.591. The second kappa shape index (κ2) is 4.61. The van der Waals surface area contributed by atoms with E-state index in [1.807, 2.05) is 0 Å². The third kappa shape index (κ3) is 2.41. The Bertz CT molecular complexity index is 646. The first-order chi connectivity index (χ1) is 8.33. The summed E-state index contributed by atoms with van der Waals surface area (Å²) in [7, 11) is -7.83. The second-order valence-corrected chi connectivity index (χ2v) is 7.54. The van der Waals surface area contributed by atoms with Crippen LogP contribution in [0.25, 0.3) is 0 Å². The van der Waals surface area contributed by atoms with Gasteiger partial charge in [-0.3, -0.25) is 0 Å². The van der Waals surface area contributed by atoms with E-state index in [1.54, 1.807) is 0 Å². The molecule has 1 aromatic carbocycles. The molecule has 0 amide bonds. The molecule has 2 rings (SSSR count). The third-order valence-electron chi connectivity index (χ3n) is 2.84. The molecule has 0 aliphatic carbocycles. The van der Waals surface area contributed by atoms with Crippen molar-refractivity contribution in [3.8, 4) is 0 Å². The molecule has 0 radical (unpaired) electrons. The molecule has 0 atom stereocenters.